The Morgan fingerprint density at radius 3 is 2.47 bits per heavy atom. The van der Waals surface area contributed by atoms with Gasteiger partial charge in [-0.05, 0) is 6.07 Å². The normalized spacial score (nSPS) is 11.1. The lowest BCUT2D eigenvalue weighted by atomic mass is 10.3. The van der Waals surface area contributed by atoms with Crippen molar-refractivity contribution in [3.8, 4) is 0 Å². The molecule has 0 saturated heterocycles. The number of pyridine rings is 1. The minimum atomic E-state index is -4.63. The molecular formula is C10H9F3N2O4. The molecule has 1 heterocycles. The van der Waals surface area contributed by atoms with Crippen molar-refractivity contribution < 1.29 is 27.5 Å². The average Bonchev–Trinajstić information content (AvgIpc) is 2.28. The van der Waals surface area contributed by atoms with E-state index in [4.69, 9.17) is 5.73 Å². The monoisotopic (exact) mass is 278 g/mol. The second kappa shape index (κ2) is 5.55. The zero-order valence-corrected chi connectivity index (χ0v) is 9.44. The molecule has 1 amide bonds. The molecule has 1 rings (SSSR count). The van der Waals surface area contributed by atoms with Crippen LogP contribution in [-0.4, -0.2) is 23.1 Å². The first-order valence-corrected chi connectivity index (χ1v) is 4.92. The summed E-state index contributed by atoms with van der Waals surface area (Å²) in [5.41, 5.74) is 2.84. The average molecular weight is 278 g/mol. The number of esters is 1. The Hall–Kier alpha value is -2.32. The number of halogens is 3. The molecule has 6 nitrogen and oxygen atoms in total. The van der Waals surface area contributed by atoms with Crippen molar-refractivity contribution in [2.75, 3.05) is 6.61 Å². The topological polar surface area (TPSA) is 91.4 Å². The van der Waals surface area contributed by atoms with Crippen molar-refractivity contribution in [2.45, 2.75) is 12.7 Å². The Bertz CT molecular complexity index is 550. The highest BCUT2D eigenvalue weighted by atomic mass is 19.4. The first-order valence-electron chi connectivity index (χ1n) is 4.92. The van der Waals surface area contributed by atoms with E-state index in [0.717, 1.165) is 0 Å². The predicted octanol–water partition coefficient (Wildman–Crippen LogP) is -0.104. The highest BCUT2D eigenvalue weighted by Gasteiger charge is 2.31. The fraction of sp³-hybridized carbons (Fsp3) is 0.300. The maximum atomic E-state index is 12.4. The van der Waals surface area contributed by atoms with Crippen LogP contribution in [0.2, 0.25) is 0 Å². The van der Waals surface area contributed by atoms with E-state index in [1.54, 1.807) is 0 Å². The number of nitrogens with zero attached hydrogens (tertiary/aromatic N) is 1. The number of primary amides is 1. The highest BCUT2D eigenvalue weighted by molar-refractivity contribution is 5.78. The van der Waals surface area contributed by atoms with Gasteiger partial charge in [0.05, 0.1) is 5.56 Å². The molecule has 0 radical (unpaired) electrons. The second-order valence-electron chi connectivity index (χ2n) is 3.51. The molecule has 0 saturated carbocycles. The van der Waals surface area contributed by atoms with Crippen LogP contribution in [-0.2, 0) is 27.0 Å². The van der Waals surface area contributed by atoms with Gasteiger partial charge in [0.25, 0.3) is 11.5 Å². The molecule has 104 valence electrons. The summed E-state index contributed by atoms with van der Waals surface area (Å²) in [5.74, 6) is -1.95. The molecule has 0 aromatic carbocycles. The summed E-state index contributed by atoms with van der Waals surface area (Å²) in [5, 5.41) is 0. The van der Waals surface area contributed by atoms with Crippen LogP contribution in [0.1, 0.15) is 5.56 Å². The molecule has 9 heteroatoms. The van der Waals surface area contributed by atoms with E-state index < -0.39 is 42.3 Å². The van der Waals surface area contributed by atoms with E-state index in [2.05, 4.69) is 4.74 Å². The quantitative estimate of drug-likeness (QED) is 0.778. The van der Waals surface area contributed by atoms with E-state index in [0.29, 0.717) is 22.9 Å². The molecule has 2 N–H and O–H groups in total. The van der Waals surface area contributed by atoms with Crippen molar-refractivity contribution in [3.63, 3.8) is 0 Å². The summed E-state index contributed by atoms with van der Waals surface area (Å²) in [6.45, 7) is -1.44. The molecule has 1 aromatic heterocycles. The first kappa shape index (κ1) is 14.7. The van der Waals surface area contributed by atoms with Crippen LogP contribution in [0.3, 0.4) is 0 Å². The molecule has 0 unspecified atom stereocenters. The van der Waals surface area contributed by atoms with Gasteiger partial charge in [0.1, 0.15) is 6.54 Å². The fourth-order valence-corrected chi connectivity index (χ4v) is 1.16. The maximum absolute atomic E-state index is 12.4. The number of hydrogen-bond donors (Lipinski definition) is 1. The molecule has 0 atom stereocenters. The van der Waals surface area contributed by atoms with Gasteiger partial charge in [-0.25, -0.2) is 0 Å². The summed E-state index contributed by atoms with van der Waals surface area (Å²) >= 11 is 0. The van der Waals surface area contributed by atoms with E-state index in [9.17, 15) is 27.6 Å². The number of rotatable bonds is 4. The lowest BCUT2D eigenvalue weighted by Crippen LogP contribution is -2.28. The van der Waals surface area contributed by atoms with Crippen molar-refractivity contribution in [2.24, 2.45) is 5.73 Å². The molecule has 19 heavy (non-hydrogen) atoms. The molecular weight excluding hydrogens is 269 g/mol. The number of carbonyl (C=O) groups excluding carboxylic acids is 2. The third-order valence-electron chi connectivity index (χ3n) is 1.99. The summed E-state index contributed by atoms with van der Waals surface area (Å²) in [6, 6.07) is 1.29. The van der Waals surface area contributed by atoms with Crippen molar-refractivity contribution >= 4 is 11.9 Å². The SMILES string of the molecule is NC(=O)COC(=O)Cn1cc(C(F)(F)F)ccc1=O. The van der Waals surface area contributed by atoms with E-state index >= 15 is 0 Å². The van der Waals surface area contributed by atoms with Crippen molar-refractivity contribution in [1.29, 1.82) is 0 Å². The molecule has 1 aromatic rings. The lowest BCUT2D eigenvalue weighted by molar-refractivity contribution is -0.148. The molecule has 0 bridgehead atoms. The van der Waals surface area contributed by atoms with Crippen LogP contribution in [0.4, 0.5) is 13.2 Å². The summed E-state index contributed by atoms with van der Waals surface area (Å²) in [6.07, 6.45) is -4.14. The van der Waals surface area contributed by atoms with E-state index in [-0.39, 0.29) is 0 Å². The summed E-state index contributed by atoms with van der Waals surface area (Å²) in [7, 11) is 0. The highest BCUT2D eigenvalue weighted by Crippen LogP contribution is 2.27. The van der Waals surface area contributed by atoms with Gasteiger partial charge >= 0.3 is 12.1 Å². The van der Waals surface area contributed by atoms with Gasteiger partial charge in [0, 0.05) is 12.3 Å². The number of ether oxygens (including phenoxy) is 1. The van der Waals surface area contributed by atoms with E-state index in [1.807, 2.05) is 0 Å². The zero-order chi connectivity index (χ0) is 14.6. The van der Waals surface area contributed by atoms with Crippen molar-refractivity contribution in [1.82, 2.24) is 4.57 Å². The Kier molecular flexibility index (Phi) is 4.30. The van der Waals surface area contributed by atoms with Gasteiger partial charge in [-0.15, -0.1) is 0 Å². The van der Waals surface area contributed by atoms with Crippen LogP contribution in [0.15, 0.2) is 23.1 Å². The number of nitrogens with two attached hydrogens (primary N) is 1. The number of amides is 1. The van der Waals surface area contributed by atoms with Crippen LogP contribution < -0.4 is 11.3 Å². The van der Waals surface area contributed by atoms with Crippen LogP contribution in [0, 0.1) is 0 Å². The zero-order valence-electron chi connectivity index (χ0n) is 9.44. The number of alkyl halides is 3. The Labute approximate surface area is 104 Å². The standard InChI is InChI=1S/C10H9F3N2O4/c11-10(12,13)6-1-2-8(17)15(3-6)4-9(18)19-5-7(14)16/h1-3H,4-5H2,(H2,14,16). The van der Waals surface area contributed by atoms with E-state index in [1.165, 1.54) is 0 Å². The lowest BCUT2D eigenvalue weighted by Gasteiger charge is -2.10. The number of carbonyl (C=O) groups is 2. The van der Waals surface area contributed by atoms with Crippen molar-refractivity contribution in [3.05, 3.63) is 34.2 Å². The summed E-state index contributed by atoms with van der Waals surface area (Å²) in [4.78, 5) is 32.8. The third-order valence-corrected chi connectivity index (χ3v) is 1.99. The molecule has 0 aliphatic carbocycles. The minimum Gasteiger partial charge on any atom is -0.454 e. The van der Waals surface area contributed by atoms with Gasteiger partial charge in [0.15, 0.2) is 6.61 Å². The van der Waals surface area contributed by atoms with Crippen LogP contribution >= 0.6 is 0 Å². The van der Waals surface area contributed by atoms with Crippen LogP contribution in [0.5, 0.6) is 0 Å². The molecule has 0 fully saturated rings. The minimum absolute atomic E-state index is 0.494. The molecule has 0 aliphatic heterocycles. The first-order chi connectivity index (χ1) is 8.70. The predicted molar refractivity (Wildman–Crippen MR) is 55.9 cm³/mol. The van der Waals surface area contributed by atoms with Gasteiger partial charge in [-0.3, -0.25) is 14.4 Å². The molecule has 0 spiro atoms. The van der Waals surface area contributed by atoms with Gasteiger partial charge in [-0.1, -0.05) is 0 Å². The number of aromatic nitrogens is 1. The smallest absolute Gasteiger partial charge is 0.417 e. The number of hydrogen-bond acceptors (Lipinski definition) is 4. The largest absolute Gasteiger partial charge is 0.454 e. The fourth-order valence-electron chi connectivity index (χ4n) is 1.16. The third kappa shape index (κ3) is 4.45. The maximum Gasteiger partial charge on any atom is 0.417 e. The second-order valence-corrected chi connectivity index (χ2v) is 3.51. The Balaban J connectivity index is 2.86. The Morgan fingerprint density at radius 1 is 1.32 bits per heavy atom. The van der Waals surface area contributed by atoms with Gasteiger partial charge in [-0.2, -0.15) is 13.2 Å². The summed E-state index contributed by atoms with van der Waals surface area (Å²) < 4.78 is 42.1. The van der Waals surface area contributed by atoms with Gasteiger partial charge < -0.3 is 15.0 Å². The van der Waals surface area contributed by atoms with Crippen LogP contribution in [0.25, 0.3) is 0 Å². The molecule has 0 aliphatic rings. The Morgan fingerprint density at radius 2 is 1.95 bits per heavy atom. The van der Waals surface area contributed by atoms with Gasteiger partial charge in [0.2, 0.25) is 0 Å².